The quantitative estimate of drug-likeness (QED) is 0.674. The normalized spacial score (nSPS) is 21.5. The van der Waals surface area contributed by atoms with Crippen LogP contribution in [-0.2, 0) is 6.42 Å². The van der Waals surface area contributed by atoms with Crippen molar-refractivity contribution in [2.75, 3.05) is 0 Å². The molecule has 2 fully saturated rings. The van der Waals surface area contributed by atoms with Crippen LogP contribution in [0, 0.1) is 0 Å². The van der Waals surface area contributed by atoms with Crippen molar-refractivity contribution < 1.29 is 9.90 Å². The summed E-state index contributed by atoms with van der Waals surface area (Å²) in [5, 5.41) is 14.3. The first-order valence-electron chi connectivity index (χ1n) is 11.0. The molecule has 2 aromatic heterocycles. The number of carbonyl (C=O) groups is 1. The Morgan fingerprint density at radius 1 is 1.07 bits per heavy atom. The Morgan fingerprint density at radius 3 is 2.67 bits per heavy atom. The number of nitrogens with zero attached hydrogens (tertiary/aromatic N) is 2. The van der Waals surface area contributed by atoms with Crippen LogP contribution in [0.3, 0.4) is 0 Å². The lowest BCUT2D eigenvalue weighted by atomic mass is 9.92. The molecule has 1 unspecified atom stereocenters. The highest BCUT2D eigenvalue weighted by Gasteiger charge is 2.26. The van der Waals surface area contributed by atoms with E-state index in [0.29, 0.717) is 18.0 Å². The van der Waals surface area contributed by atoms with Crippen molar-refractivity contribution in [3.8, 4) is 0 Å². The van der Waals surface area contributed by atoms with Crippen LogP contribution in [0.1, 0.15) is 71.8 Å². The predicted molar refractivity (Wildman–Crippen MR) is 116 cm³/mol. The number of hydrogen-bond donors (Lipinski definition) is 2. The molecule has 30 heavy (non-hydrogen) atoms. The van der Waals surface area contributed by atoms with Crippen LogP contribution in [-0.4, -0.2) is 33.1 Å². The number of para-hydroxylation sites is 1. The fraction of sp³-hybridized carbons (Fsp3) is 0.400. The molecule has 154 valence electrons. The third-order valence-electron chi connectivity index (χ3n) is 6.32. The molecule has 0 aliphatic heterocycles. The molecule has 0 spiro atoms. The van der Waals surface area contributed by atoms with E-state index in [1.54, 1.807) is 0 Å². The van der Waals surface area contributed by atoms with Crippen molar-refractivity contribution in [1.82, 2.24) is 15.3 Å². The number of carbonyl (C=O) groups excluding carboxylic acids is 1. The molecular weight excluding hydrogens is 374 g/mol. The predicted octanol–water partition coefficient (Wildman–Crippen LogP) is 4.13. The third kappa shape index (κ3) is 4.08. The van der Waals surface area contributed by atoms with Crippen molar-refractivity contribution in [3.63, 3.8) is 0 Å². The van der Waals surface area contributed by atoms with Gasteiger partial charge in [0.15, 0.2) is 0 Å². The summed E-state index contributed by atoms with van der Waals surface area (Å²) in [4.78, 5) is 22.2. The van der Waals surface area contributed by atoms with Gasteiger partial charge < -0.3 is 10.4 Å². The number of amides is 1. The minimum absolute atomic E-state index is 0.192. The molecule has 5 heteroatoms. The fourth-order valence-corrected chi connectivity index (χ4v) is 4.41. The Bertz CT molecular complexity index is 1060. The van der Waals surface area contributed by atoms with Gasteiger partial charge in [-0.15, -0.1) is 0 Å². The molecule has 0 bridgehead atoms. The molecule has 2 aliphatic carbocycles. The highest BCUT2D eigenvalue weighted by Crippen LogP contribution is 2.38. The monoisotopic (exact) mass is 401 g/mol. The van der Waals surface area contributed by atoms with Crippen LogP contribution in [0.25, 0.3) is 10.9 Å². The summed E-state index contributed by atoms with van der Waals surface area (Å²) in [6, 6.07) is 13.9. The topological polar surface area (TPSA) is 75.1 Å². The van der Waals surface area contributed by atoms with E-state index >= 15 is 0 Å². The number of rotatable bonds is 5. The highest BCUT2D eigenvalue weighted by atomic mass is 16.3. The van der Waals surface area contributed by atoms with Crippen LogP contribution < -0.4 is 5.32 Å². The Kier molecular flexibility index (Phi) is 5.21. The molecule has 0 radical (unpaired) electrons. The summed E-state index contributed by atoms with van der Waals surface area (Å²) in [5.41, 5.74) is 4.60. The molecule has 2 saturated carbocycles. The Hall–Kier alpha value is -2.79. The van der Waals surface area contributed by atoms with Gasteiger partial charge in [0.05, 0.1) is 17.7 Å². The van der Waals surface area contributed by atoms with E-state index in [9.17, 15) is 9.90 Å². The SMILES string of the molecule is O=C(NC1CCCC[C@@H]1O)c1cc(Cc2ccc(C3CC3)nc2)c2ccccc2n1. The van der Waals surface area contributed by atoms with Crippen LogP contribution in [0.5, 0.6) is 0 Å². The van der Waals surface area contributed by atoms with E-state index in [-0.39, 0.29) is 11.9 Å². The van der Waals surface area contributed by atoms with E-state index in [4.69, 9.17) is 0 Å². The first-order chi connectivity index (χ1) is 14.7. The second-order valence-corrected chi connectivity index (χ2v) is 8.66. The Balaban J connectivity index is 1.42. The smallest absolute Gasteiger partial charge is 0.270 e. The minimum Gasteiger partial charge on any atom is -0.391 e. The maximum absolute atomic E-state index is 12.9. The van der Waals surface area contributed by atoms with Gasteiger partial charge in [-0.2, -0.15) is 0 Å². The summed E-state index contributed by atoms with van der Waals surface area (Å²) in [6.45, 7) is 0. The molecule has 2 aliphatic rings. The minimum atomic E-state index is -0.473. The molecule has 2 N–H and O–H groups in total. The second kappa shape index (κ2) is 8.15. The van der Waals surface area contributed by atoms with E-state index in [2.05, 4.69) is 33.5 Å². The summed E-state index contributed by atoms with van der Waals surface area (Å²) in [7, 11) is 0. The first kappa shape index (κ1) is 19.2. The summed E-state index contributed by atoms with van der Waals surface area (Å²) in [5.74, 6) is 0.432. The van der Waals surface area contributed by atoms with Gasteiger partial charge in [-0.25, -0.2) is 4.98 Å². The zero-order chi connectivity index (χ0) is 20.5. The van der Waals surface area contributed by atoms with Gasteiger partial charge in [0.1, 0.15) is 5.69 Å². The van der Waals surface area contributed by atoms with E-state index in [0.717, 1.165) is 47.7 Å². The number of fused-ring (bicyclic) bond motifs is 1. The Labute approximate surface area is 176 Å². The van der Waals surface area contributed by atoms with Crippen LogP contribution >= 0.6 is 0 Å². The van der Waals surface area contributed by atoms with E-state index < -0.39 is 6.10 Å². The number of nitrogens with one attached hydrogen (secondary N) is 1. The van der Waals surface area contributed by atoms with Gasteiger partial charge in [-0.1, -0.05) is 37.1 Å². The number of aliphatic hydroxyl groups is 1. The Morgan fingerprint density at radius 2 is 1.90 bits per heavy atom. The molecule has 5 rings (SSSR count). The lowest BCUT2D eigenvalue weighted by Crippen LogP contribution is -2.45. The third-order valence-corrected chi connectivity index (χ3v) is 6.32. The number of aromatic nitrogens is 2. The van der Waals surface area contributed by atoms with Crippen molar-refractivity contribution in [2.24, 2.45) is 0 Å². The average molecular weight is 402 g/mol. The lowest BCUT2D eigenvalue weighted by molar-refractivity contribution is 0.0714. The maximum Gasteiger partial charge on any atom is 0.270 e. The van der Waals surface area contributed by atoms with Gasteiger partial charge in [0, 0.05) is 23.2 Å². The average Bonchev–Trinajstić information content (AvgIpc) is 3.61. The highest BCUT2D eigenvalue weighted by molar-refractivity contribution is 5.96. The maximum atomic E-state index is 12.9. The van der Waals surface area contributed by atoms with Crippen LogP contribution in [0.15, 0.2) is 48.7 Å². The van der Waals surface area contributed by atoms with Crippen LogP contribution in [0.4, 0.5) is 0 Å². The number of hydrogen-bond acceptors (Lipinski definition) is 4. The largest absolute Gasteiger partial charge is 0.391 e. The molecule has 3 aromatic rings. The van der Waals surface area contributed by atoms with Crippen molar-refractivity contribution in [2.45, 2.75) is 63.0 Å². The molecule has 5 nitrogen and oxygen atoms in total. The number of pyridine rings is 2. The standard InChI is InChI=1S/C25H27N3O2/c29-24-8-4-3-7-22(24)28-25(30)23-14-18(19-5-1-2-6-21(19)27-23)13-16-9-12-20(26-15-16)17-10-11-17/h1-2,5-6,9,12,14-15,17,22,24,29H,3-4,7-8,10-11,13H2,(H,28,30)/t22?,24-/m0/s1. The molecule has 1 amide bonds. The van der Waals surface area contributed by atoms with Gasteiger partial charge in [0.25, 0.3) is 5.91 Å². The van der Waals surface area contributed by atoms with E-state index in [1.165, 1.54) is 18.5 Å². The van der Waals surface area contributed by atoms with Crippen molar-refractivity contribution >= 4 is 16.8 Å². The second-order valence-electron chi connectivity index (χ2n) is 8.66. The van der Waals surface area contributed by atoms with Crippen LogP contribution in [0.2, 0.25) is 0 Å². The molecule has 2 heterocycles. The zero-order valence-electron chi connectivity index (χ0n) is 17.1. The number of aliphatic hydroxyl groups excluding tert-OH is 1. The molecular formula is C25H27N3O2. The van der Waals surface area contributed by atoms with Gasteiger partial charge in [-0.05, 0) is 61.4 Å². The number of benzene rings is 1. The molecule has 1 aromatic carbocycles. The summed E-state index contributed by atoms with van der Waals surface area (Å²) in [6.07, 6.45) is 8.28. The molecule has 0 saturated heterocycles. The van der Waals surface area contributed by atoms with Gasteiger partial charge in [0.2, 0.25) is 0 Å². The zero-order valence-corrected chi connectivity index (χ0v) is 17.1. The summed E-state index contributed by atoms with van der Waals surface area (Å²) < 4.78 is 0. The lowest BCUT2D eigenvalue weighted by Gasteiger charge is -2.28. The fourth-order valence-electron chi connectivity index (χ4n) is 4.41. The van der Waals surface area contributed by atoms with E-state index in [1.807, 2.05) is 30.5 Å². The van der Waals surface area contributed by atoms with Gasteiger partial charge in [-0.3, -0.25) is 9.78 Å². The summed E-state index contributed by atoms with van der Waals surface area (Å²) >= 11 is 0. The first-order valence-corrected chi connectivity index (χ1v) is 11.0. The van der Waals surface area contributed by atoms with Gasteiger partial charge >= 0.3 is 0 Å². The molecule has 2 atom stereocenters. The van der Waals surface area contributed by atoms with Crippen molar-refractivity contribution in [3.05, 3.63) is 71.2 Å². The van der Waals surface area contributed by atoms with Crippen molar-refractivity contribution in [1.29, 1.82) is 0 Å².